The van der Waals surface area contributed by atoms with Gasteiger partial charge in [0.25, 0.3) is 15.9 Å². The molecule has 2 rings (SSSR count). The molecule has 140 valence electrons. The lowest BCUT2D eigenvalue weighted by molar-refractivity contribution is 0.0945. The highest BCUT2D eigenvalue weighted by Crippen LogP contribution is 2.30. The van der Waals surface area contributed by atoms with E-state index in [0.29, 0.717) is 19.0 Å². The van der Waals surface area contributed by atoms with E-state index in [4.69, 9.17) is 9.47 Å². The molecule has 2 aromatic rings. The Morgan fingerprint density at radius 3 is 2.23 bits per heavy atom. The van der Waals surface area contributed by atoms with E-state index in [9.17, 15) is 17.6 Å². The normalized spacial score (nSPS) is 11.0. The van der Waals surface area contributed by atoms with Gasteiger partial charge in [-0.25, -0.2) is 12.8 Å². The lowest BCUT2D eigenvalue weighted by Gasteiger charge is -2.13. The summed E-state index contributed by atoms with van der Waals surface area (Å²) in [7, 11) is -4.04. The Balaban J connectivity index is 2.15. The van der Waals surface area contributed by atoms with E-state index < -0.39 is 21.7 Å². The largest absolute Gasteiger partial charge is 0.490 e. The van der Waals surface area contributed by atoms with Gasteiger partial charge in [0.2, 0.25) is 0 Å². The van der Waals surface area contributed by atoms with Gasteiger partial charge in [0.1, 0.15) is 5.82 Å². The molecule has 2 aromatic carbocycles. The first kappa shape index (κ1) is 19.7. The Morgan fingerprint density at radius 1 is 1.00 bits per heavy atom. The summed E-state index contributed by atoms with van der Waals surface area (Å²) in [6, 6.07) is 8.80. The monoisotopic (exact) mass is 382 g/mol. The molecule has 0 radical (unpaired) electrons. The fraction of sp³-hybridized carbons (Fsp3) is 0.235. The Labute approximate surface area is 151 Å². The number of carbonyl (C=O) groups is 1. The van der Waals surface area contributed by atoms with E-state index in [-0.39, 0.29) is 16.2 Å². The number of hydrogen-bond acceptors (Lipinski definition) is 5. The molecule has 0 unspecified atom stereocenters. The molecule has 0 bridgehead atoms. The lowest BCUT2D eigenvalue weighted by atomic mass is 10.2. The number of rotatable bonds is 8. The van der Waals surface area contributed by atoms with Crippen molar-refractivity contribution in [2.75, 3.05) is 13.2 Å². The average molecular weight is 382 g/mol. The Bertz CT molecular complexity index is 869. The van der Waals surface area contributed by atoms with E-state index in [2.05, 4.69) is 5.43 Å². The molecule has 2 N–H and O–H groups in total. The van der Waals surface area contributed by atoms with E-state index in [0.717, 1.165) is 12.1 Å². The molecule has 0 aromatic heterocycles. The van der Waals surface area contributed by atoms with Crippen LogP contribution in [0.2, 0.25) is 0 Å². The van der Waals surface area contributed by atoms with Crippen molar-refractivity contribution in [1.82, 2.24) is 10.3 Å². The van der Waals surface area contributed by atoms with Gasteiger partial charge < -0.3 is 9.47 Å². The van der Waals surface area contributed by atoms with E-state index in [1.165, 1.54) is 30.3 Å². The van der Waals surface area contributed by atoms with Gasteiger partial charge in [0.15, 0.2) is 11.5 Å². The van der Waals surface area contributed by atoms with E-state index in [1.807, 2.05) is 4.83 Å². The van der Waals surface area contributed by atoms with Crippen molar-refractivity contribution in [2.24, 2.45) is 0 Å². The molecule has 0 fully saturated rings. The Hall–Kier alpha value is -2.65. The third kappa shape index (κ3) is 4.93. The quantitative estimate of drug-likeness (QED) is 0.683. The molecule has 0 aliphatic heterocycles. The first-order valence-electron chi connectivity index (χ1n) is 7.84. The highest BCUT2D eigenvalue weighted by Gasteiger charge is 2.18. The predicted octanol–water partition coefficient (Wildman–Crippen LogP) is 2.25. The average Bonchev–Trinajstić information content (AvgIpc) is 2.62. The Kier molecular flexibility index (Phi) is 6.53. The summed E-state index contributed by atoms with van der Waals surface area (Å²) >= 11 is 0. The SMILES string of the molecule is CCOc1ccc(S(=O)(=O)NNC(=O)c2ccc(F)cc2)cc1OCC. The van der Waals surface area contributed by atoms with Gasteiger partial charge in [-0.05, 0) is 50.2 Å². The van der Waals surface area contributed by atoms with Crippen LogP contribution in [0.1, 0.15) is 24.2 Å². The van der Waals surface area contributed by atoms with Gasteiger partial charge in [-0.1, -0.05) is 0 Å². The fourth-order valence-corrected chi connectivity index (χ4v) is 2.90. The molecular weight excluding hydrogens is 363 g/mol. The van der Waals surface area contributed by atoms with Crippen LogP contribution in [0.25, 0.3) is 0 Å². The van der Waals surface area contributed by atoms with Gasteiger partial charge in [0, 0.05) is 11.6 Å². The fourth-order valence-electron chi connectivity index (χ4n) is 2.04. The van der Waals surface area contributed by atoms with E-state index >= 15 is 0 Å². The molecule has 0 atom stereocenters. The summed E-state index contributed by atoms with van der Waals surface area (Å²) in [4.78, 5) is 13.8. The van der Waals surface area contributed by atoms with Crippen molar-refractivity contribution in [3.63, 3.8) is 0 Å². The lowest BCUT2D eigenvalue weighted by Crippen LogP contribution is -2.41. The zero-order valence-corrected chi connectivity index (χ0v) is 15.1. The second-order valence-corrected chi connectivity index (χ2v) is 6.72. The number of benzene rings is 2. The van der Waals surface area contributed by atoms with Gasteiger partial charge in [0.05, 0.1) is 18.1 Å². The standard InChI is InChI=1S/C17H19FN2O5S/c1-3-24-15-10-9-14(11-16(15)25-4-2)26(22,23)20-19-17(21)12-5-7-13(18)8-6-12/h5-11,20H,3-4H2,1-2H3,(H,19,21). The van der Waals surface area contributed by atoms with E-state index in [1.54, 1.807) is 13.8 Å². The first-order chi connectivity index (χ1) is 12.4. The van der Waals surface area contributed by atoms with Crippen LogP contribution in [-0.4, -0.2) is 27.5 Å². The number of hydrazine groups is 1. The number of halogens is 1. The van der Waals surface area contributed by atoms with Crippen LogP contribution < -0.4 is 19.7 Å². The molecule has 0 aliphatic rings. The highest BCUT2D eigenvalue weighted by molar-refractivity contribution is 7.89. The molecule has 9 heteroatoms. The van der Waals surface area contributed by atoms with Crippen molar-refractivity contribution < 1.29 is 27.1 Å². The zero-order chi connectivity index (χ0) is 19.2. The van der Waals surface area contributed by atoms with Crippen LogP contribution in [0.15, 0.2) is 47.4 Å². The summed E-state index contributed by atoms with van der Waals surface area (Å²) in [6.07, 6.45) is 0. The summed E-state index contributed by atoms with van der Waals surface area (Å²) in [5, 5.41) is 0. The van der Waals surface area contributed by atoms with Crippen molar-refractivity contribution >= 4 is 15.9 Å². The third-order valence-corrected chi connectivity index (χ3v) is 4.48. The van der Waals surface area contributed by atoms with Crippen molar-refractivity contribution in [3.8, 4) is 11.5 Å². The Morgan fingerprint density at radius 2 is 1.62 bits per heavy atom. The maximum atomic E-state index is 12.9. The summed E-state index contributed by atoms with van der Waals surface area (Å²) in [5.74, 6) is -0.518. The molecular formula is C17H19FN2O5S. The number of ether oxygens (including phenoxy) is 2. The maximum absolute atomic E-state index is 12.9. The van der Waals surface area contributed by atoms with Crippen molar-refractivity contribution in [1.29, 1.82) is 0 Å². The first-order valence-corrected chi connectivity index (χ1v) is 9.33. The minimum atomic E-state index is -4.04. The molecule has 1 amide bonds. The second-order valence-electron chi connectivity index (χ2n) is 5.04. The summed E-state index contributed by atoms with van der Waals surface area (Å²) in [6.45, 7) is 4.29. The number of sulfonamides is 1. The summed E-state index contributed by atoms with van der Waals surface area (Å²) in [5.41, 5.74) is 2.18. The van der Waals surface area contributed by atoms with Crippen LogP contribution in [-0.2, 0) is 10.0 Å². The molecule has 0 heterocycles. The maximum Gasteiger partial charge on any atom is 0.266 e. The smallest absolute Gasteiger partial charge is 0.266 e. The van der Waals surface area contributed by atoms with Gasteiger partial charge >= 0.3 is 0 Å². The molecule has 7 nitrogen and oxygen atoms in total. The minimum Gasteiger partial charge on any atom is -0.490 e. The molecule has 0 saturated carbocycles. The molecule has 0 aliphatic carbocycles. The zero-order valence-electron chi connectivity index (χ0n) is 14.3. The second kappa shape index (κ2) is 8.63. The number of hydrogen-bond donors (Lipinski definition) is 2. The van der Waals surface area contributed by atoms with Crippen LogP contribution in [0, 0.1) is 5.82 Å². The van der Waals surface area contributed by atoms with Crippen molar-refractivity contribution in [3.05, 3.63) is 53.8 Å². The summed E-state index contributed by atoms with van der Waals surface area (Å²) < 4.78 is 48.4. The highest BCUT2D eigenvalue weighted by atomic mass is 32.2. The van der Waals surface area contributed by atoms with Crippen LogP contribution in [0.5, 0.6) is 11.5 Å². The molecule has 26 heavy (non-hydrogen) atoms. The molecule has 0 spiro atoms. The minimum absolute atomic E-state index is 0.107. The van der Waals surface area contributed by atoms with Gasteiger partial charge in [-0.3, -0.25) is 10.2 Å². The van der Waals surface area contributed by atoms with Gasteiger partial charge in [-0.15, -0.1) is 4.83 Å². The van der Waals surface area contributed by atoms with Crippen molar-refractivity contribution in [2.45, 2.75) is 18.7 Å². The van der Waals surface area contributed by atoms with Crippen LogP contribution in [0.4, 0.5) is 4.39 Å². The predicted molar refractivity (Wildman–Crippen MR) is 93.0 cm³/mol. The third-order valence-electron chi connectivity index (χ3n) is 3.23. The van der Waals surface area contributed by atoms with Crippen LogP contribution >= 0.6 is 0 Å². The van der Waals surface area contributed by atoms with Gasteiger partial charge in [-0.2, -0.15) is 0 Å². The number of nitrogens with one attached hydrogen (secondary N) is 2. The topological polar surface area (TPSA) is 93.7 Å². The van der Waals surface area contributed by atoms with Crippen LogP contribution in [0.3, 0.4) is 0 Å². The number of carbonyl (C=O) groups excluding carboxylic acids is 1. The molecule has 0 saturated heterocycles. The number of amides is 1.